The molecule has 0 aliphatic heterocycles. The molecule has 0 aromatic heterocycles. The molecule has 0 bridgehead atoms. The van der Waals surface area contributed by atoms with E-state index in [2.05, 4.69) is 4.74 Å². The first kappa shape index (κ1) is 19.8. The van der Waals surface area contributed by atoms with E-state index < -0.39 is 5.97 Å². The molecule has 0 radical (unpaired) electrons. The molecule has 0 saturated carbocycles. The second-order valence-corrected chi connectivity index (χ2v) is 5.44. The van der Waals surface area contributed by atoms with Gasteiger partial charge in [-0.1, -0.05) is 30.4 Å². The third kappa shape index (κ3) is 6.36. The van der Waals surface area contributed by atoms with Crippen molar-refractivity contribution in [2.24, 2.45) is 0 Å². The molecule has 0 amide bonds. The van der Waals surface area contributed by atoms with Crippen LogP contribution in [-0.4, -0.2) is 31.3 Å². The summed E-state index contributed by atoms with van der Waals surface area (Å²) in [6, 6.07) is 11.5. The monoisotopic (exact) mass is 368 g/mol. The Morgan fingerprint density at radius 1 is 0.963 bits per heavy atom. The van der Waals surface area contributed by atoms with Gasteiger partial charge < -0.3 is 19.3 Å². The van der Waals surface area contributed by atoms with Crippen LogP contribution in [0.5, 0.6) is 17.2 Å². The average molecular weight is 368 g/mol. The first-order valence-corrected chi connectivity index (χ1v) is 8.12. The van der Waals surface area contributed by atoms with Crippen LogP contribution in [0.3, 0.4) is 0 Å². The van der Waals surface area contributed by atoms with Gasteiger partial charge in [0.1, 0.15) is 5.75 Å². The molecule has 2 rings (SSSR count). The number of carbonyl (C=O) groups excluding carboxylic acids is 2. The number of phenolic OH excluding ortho intramolecular Hbond substituents is 1. The van der Waals surface area contributed by atoms with Crippen LogP contribution in [0.2, 0.25) is 0 Å². The fraction of sp³-hybridized carbons (Fsp3) is 0.143. The summed E-state index contributed by atoms with van der Waals surface area (Å²) >= 11 is 0. The zero-order valence-corrected chi connectivity index (χ0v) is 15.0. The summed E-state index contributed by atoms with van der Waals surface area (Å²) in [5.74, 6) is -0.0655. The molecule has 2 aromatic carbocycles. The Kier molecular flexibility index (Phi) is 7.19. The number of hydrogen-bond acceptors (Lipinski definition) is 6. The molecular weight excluding hydrogens is 348 g/mol. The van der Waals surface area contributed by atoms with Gasteiger partial charge in [-0.25, -0.2) is 4.79 Å². The van der Waals surface area contributed by atoms with Crippen molar-refractivity contribution in [2.75, 3.05) is 14.2 Å². The summed E-state index contributed by atoms with van der Waals surface area (Å²) in [7, 11) is 2.80. The molecule has 140 valence electrons. The van der Waals surface area contributed by atoms with Gasteiger partial charge >= 0.3 is 11.9 Å². The summed E-state index contributed by atoms with van der Waals surface area (Å²) < 4.78 is 15.1. The number of esters is 2. The molecule has 0 saturated heterocycles. The maximum Gasteiger partial charge on any atom is 0.336 e. The number of benzene rings is 2. The Labute approximate surface area is 157 Å². The van der Waals surface area contributed by atoms with E-state index in [0.717, 1.165) is 11.1 Å². The van der Waals surface area contributed by atoms with E-state index >= 15 is 0 Å². The van der Waals surface area contributed by atoms with Gasteiger partial charge in [0.15, 0.2) is 11.5 Å². The fourth-order valence-electron chi connectivity index (χ4n) is 2.14. The van der Waals surface area contributed by atoms with Crippen LogP contribution in [0.25, 0.3) is 12.2 Å². The highest BCUT2D eigenvalue weighted by Crippen LogP contribution is 2.29. The third-order valence-electron chi connectivity index (χ3n) is 3.53. The molecule has 0 spiro atoms. The van der Waals surface area contributed by atoms with Crippen LogP contribution in [0.1, 0.15) is 17.5 Å². The van der Waals surface area contributed by atoms with Gasteiger partial charge in [0.25, 0.3) is 0 Å². The lowest BCUT2D eigenvalue weighted by Crippen LogP contribution is -2.05. The summed E-state index contributed by atoms with van der Waals surface area (Å²) in [6.45, 7) is 0. The molecule has 6 heteroatoms. The SMILES string of the molecule is COC(=O)C/C=C/c1ccc(OC(=O)/C=C/c2ccc(O)cc2)c(OC)c1. The molecule has 0 atom stereocenters. The molecule has 0 unspecified atom stereocenters. The summed E-state index contributed by atoms with van der Waals surface area (Å²) in [5.41, 5.74) is 1.54. The van der Waals surface area contributed by atoms with Crippen LogP contribution in [0, 0.1) is 0 Å². The number of carbonyl (C=O) groups is 2. The second kappa shape index (κ2) is 9.82. The minimum atomic E-state index is -0.560. The van der Waals surface area contributed by atoms with Gasteiger partial charge in [-0.05, 0) is 41.5 Å². The van der Waals surface area contributed by atoms with Crippen LogP contribution >= 0.6 is 0 Å². The number of rotatable bonds is 7. The van der Waals surface area contributed by atoms with E-state index in [4.69, 9.17) is 9.47 Å². The minimum Gasteiger partial charge on any atom is -0.508 e. The number of ether oxygens (including phenoxy) is 3. The highest BCUT2D eigenvalue weighted by molar-refractivity contribution is 5.89. The Morgan fingerprint density at radius 2 is 1.67 bits per heavy atom. The molecule has 0 aliphatic rings. The van der Waals surface area contributed by atoms with Crippen molar-refractivity contribution >= 4 is 24.1 Å². The van der Waals surface area contributed by atoms with E-state index in [9.17, 15) is 14.7 Å². The van der Waals surface area contributed by atoms with Crippen molar-refractivity contribution in [2.45, 2.75) is 6.42 Å². The Bertz CT molecular complexity index is 849. The van der Waals surface area contributed by atoms with Crippen molar-refractivity contribution in [3.8, 4) is 17.2 Å². The van der Waals surface area contributed by atoms with Crippen molar-refractivity contribution in [3.05, 3.63) is 65.7 Å². The van der Waals surface area contributed by atoms with E-state index in [0.29, 0.717) is 5.75 Å². The number of methoxy groups -OCH3 is 2. The third-order valence-corrected chi connectivity index (χ3v) is 3.53. The van der Waals surface area contributed by atoms with Crippen molar-refractivity contribution in [1.82, 2.24) is 0 Å². The lowest BCUT2D eigenvalue weighted by Gasteiger charge is -2.08. The maximum atomic E-state index is 12.0. The summed E-state index contributed by atoms with van der Waals surface area (Å²) in [5, 5.41) is 9.25. The molecule has 27 heavy (non-hydrogen) atoms. The Balaban J connectivity index is 2.03. The average Bonchev–Trinajstić information content (AvgIpc) is 2.68. The standard InChI is InChI=1S/C21H20O6/c1-25-19-14-16(4-3-5-20(23)26-2)8-12-18(19)27-21(24)13-9-15-6-10-17(22)11-7-15/h3-4,6-14,22H,5H2,1-2H3/b4-3+,13-9+. The molecule has 2 aromatic rings. The van der Waals surface area contributed by atoms with Crippen LogP contribution in [-0.2, 0) is 14.3 Å². The molecule has 0 fully saturated rings. The lowest BCUT2D eigenvalue weighted by atomic mass is 10.1. The number of hydrogen-bond donors (Lipinski definition) is 1. The van der Waals surface area contributed by atoms with Crippen LogP contribution < -0.4 is 9.47 Å². The fourth-order valence-corrected chi connectivity index (χ4v) is 2.14. The van der Waals surface area contributed by atoms with Gasteiger partial charge in [-0.2, -0.15) is 0 Å². The highest BCUT2D eigenvalue weighted by atomic mass is 16.6. The Hall–Kier alpha value is -3.54. The van der Waals surface area contributed by atoms with E-state index in [1.807, 2.05) is 0 Å². The quantitative estimate of drug-likeness (QED) is 0.457. The van der Waals surface area contributed by atoms with Crippen LogP contribution in [0.4, 0.5) is 0 Å². The van der Waals surface area contributed by atoms with E-state index in [-0.39, 0.29) is 23.9 Å². The van der Waals surface area contributed by atoms with Crippen molar-refractivity contribution < 1.29 is 28.9 Å². The first-order chi connectivity index (χ1) is 13.0. The minimum absolute atomic E-state index is 0.153. The first-order valence-electron chi connectivity index (χ1n) is 8.12. The van der Waals surface area contributed by atoms with Gasteiger partial charge in [0.2, 0.25) is 0 Å². The van der Waals surface area contributed by atoms with Crippen molar-refractivity contribution in [1.29, 1.82) is 0 Å². The topological polar surface area (TPSA) is 82.1 Å². The molecule has 0 heterocycles. The summed E-state index contributed by atoms with van der Waals surface area (Å²) in [6.07, 6.45) is 6.45. The van der Waals surface area contributed by atoms with Gasteiger partial charge in [0.05, 0.1) is 20.6 Å². The Morgan fingerprint density at radius 3 is 2.33 bits per heavy atom. The number of phenols is 1. The van der Waals surface area contributed by atoms with E-state index in [1.54, 1.807) is 48.6 Å². The van der Waals surface area contributed by atoms with Gasteiger partial charge in [0, 0.05) is 6.08 Å². The highest BCUT2D eigenvalue weighted by Gasteiger charge is 2.08. The van der Waals surface area contributed by atoms with E-state index in [1.165, 1.54) is 32.4 Å². The van der Waals surface area contributed by atoms with Crippen molar-refractivity contribution in [3.63, 3.8) is 0 Å². The van der Waals surface area contributed by atoms with Crippen LogP contribution in [0.15, 0.2) is 54.6 Å². The normalized spacial score (nSPS) is 10.9. The predicted molar refractivity (Wildman–Crippen MR) is 101 cm³/mol. The number of aromatic hydroxyl groups is 1. The largest absolute Gasteiger partial charge is 0.508 e. The van der Waals surface area contributed by atoms with Gasteiger partial charge in [-0.3, -0.25) is 4.79 Å². The molecule has 0 aliphatic carbocycles. The van der Waals surface area contributed by atoms with Gasteiger partial charge in [-0.15, -0.1) is 0 Å². The zero-order chi connectivity index (χ0) is 19.6. The molecule has 1 N–H and O–H groups in total. The zero-order valence-electron chi connectivity index (χ0n) is 15.0. The second-order valence-electron chi connectivity index (χ2n) is 5.44. The smallest absolute Gasteiger partial charge is 0.336 e. The lowest BCUT2D eigenvalue weighted by molar-refractivity contribution is -0.139. The summed E-state index contributed by atoms with van der Waals surface area (Å²) in [4.78, 5) is 23.1. The molecular formula is C21H20O6. The maximum absolute atomic E-state index is 12.0. The molecule has 6 nitrogen and oxygen atoms in total. The predicted octanol–water partition coefficient (Wildman–Crippen LogP) is 3.60.